The highest BCUT2D eigenvalue weighted by Gasteiger charge is 2.16. The van der Waals surface area contributed by atoms with E-state index in [1.807, 2.05) is 0 Å². The summed E-state index contributed by atoms with van der Waals surface area (Å²) in [6, 6.07) is 25.1. The van der Waals surface area contributed by atoms with Gasteiger partial charge in [0.25, 0.3) is 17.5 Å². The summed E-state index contributed by atoms with van der Waals surface area (Å²) in [5.41, 5.74) is 1.74. The zero-order valence-corrected chi connectivity index (χ0v) is 23.1. The number of halogens is 1. The topological polar surface area (TPSA) is 130 Å². The van der Waals surface area contributed by atoms with E-state index < -0.39 is 22.6 Å². The molecule has 4 rings (SSSR count). The molecule has 4 aromatic rings. The van der Waals surface area contributed by atoms with Gasteiger partial charge in [0.2, 0.25) is 5.91 Å². The summed E-state index contributed by atoms with van der Waals surface area (Å²) < 4.78 is 14.3. The first-order chi connectivity index (χ1) is 20.2. The molecule has 0 unspecified atom stereocenters. The number of nitro groups is 1. The van der Waals surface area contributed by atoms with Crippen LogP contribution < -0.4 is 16.0 Å². The van der Waals surface area contributed by atoms with Crippen LogP contribution in [-0.4, -0.2) is 28.4 Å². The van der Waals surface area contributed by atoms with Crippen LogP contribution >= 0.6 is 11.8 Å². The Morgan fingerprint density at radius 3 is 2.26 bits per heavy atom. The molecule has 0 aliphatic heterocycles. The predicted octanol–water partition coefficient (Wildman–Crippen LogP) is 6.18. The fourth-order valence-corrected chi connectivity index (χ4v) is 4.46. The van der Waals surface area contributed by atoms with E-state index in [1.54, 1.807) is 67.6 Å². The van der Waals surface area contributed by atoms with Gasteiger partial charge in [-0.05, 0) is 67.1 Å². The normalized spacial score (nSPS) is 11.0. The number of nitrogens with one attached hydrogen (secondary N) is 3. The summed E-state index contributed by atoms with van der Waals surface area (Å²) in [5, 5.41) is 18.9. The standard InChI is InChI=1S/C31H25FN4O5S/c1-20-17-24(36(40)41)13-16-27(20)34-29(37)19-42-25-14-11-23(12-15-25)33-31(39)28(18-22-9-5-6-10-26(22)32)35-30(38)21-7-3-2-4-8-21/h2-18H,19H2,1H3,(H,33,39)(H,34,37)(H,35,38)/b28-18-. The molecule has 4 aromatic carbocycles. The Labute approximate surface area is 245 Å². The van der Waals surface area contributed by atoms with Gasteiger partial charge in [-0.25, -0.2) is 4.39 Å². The van der Waals surface area contributed by atoms with Gasteiger partial charge in [0.15, 0.2) is 0 Å². The maximum absolute atomic E-state index is 14.3. The maximum atomic E-state index is 14.3. The summed E-state index contributed by atoms with van der Waals surface area (Å²) in [7, 11) is 0. The number of carbonyl (C=O) groups is 3. The number of benzene rings is 4. The average molecular weight is 585 g/mol. The maximum Gasteiger partial charge on any atom is 0.272 e. The molecule has 0 fully saturated rings. The van der Waals surface area contributed by atoms with Crippen molar-refractivity contribution in [3.05, 3.63) is 135 Å². The Morgan fingerprint density at radius 1 is 0.905 bits per heavy atom. The number of aryl methyl sites for hydroxylation is 1. The number of hydrogen-bond donors (Lipinski definition) is 3. The number of rotatable bonds is 10. The Hall–Kier alpha value is -5.29. The van der Waals surface area contributed by atoms with E-state index >= 15 is 0 Å². The van der Waals surface area contributed by atoms with E-state index in [4.69, 9.17) is 0 Å². The van der Waals surface area contributed by atoms with Crippen molar-refractivity contribution in [1.82, 2.24) is 5.32 Å². The second-order valence-electron chi connectivity index (χ2n) is 8.97. The van der Waals surface area contributed by atoms with E-state index in [9.17, 15) is 28.9 Å². The lowest BCUT2D eigenvalue weighted by molar-refractivity contribution is -0.384. The number of anilines is 2. The van der Waals surface area contributed by atoms with E-state index in [-0.39, 0.29) is 28.6 Å². The number of hydrogen-bond acceptors (Lipinski definition) is 6. The summed E-state index contributed by atoms with van der Waals surface area (Å²) in [6.07, 6.45) is 1.26. The van der Waals surface area contributed by atoms with E-state index in [2.05, 4.69) is 16.0 Å². The van der Waals surface area contributed by atoms with Crippen molar-refractivity contribution in [2.24, 2.45) is 0 Å². The molecule has 11 heteroatoms. The molecule has 3 amide bonds. The Kier molecular flexibility index (Phi) is 9.80. The minimum absolute atomic E-state index is 0.0551. The van der Waals surface area contributed by atoms with Crippen molar-refractivity contribution in [3.8, 4) is 0 Å². The minimum Gasteiger partial charge on any atom is -0.325 e. The lowest BCUT2D eigenvalue weighted by atomic mass is 10.1. The molecule has 0 saturated heterocycles. The van der Waals surface area contributed by atoms with E-state index in [0.29, 0.717) is 22.5 Å². The largest absolute Gasteiger partial charge is 0.325 e. The van der Waals surface area contributed by atoms with Gasteiger partial charge in [0.05, 0.1) is 10.7 Å². The SMILES string of the molecule is Cc1cc([N+](=O)[O-])ccc1NC(=O)CSc1ccc(NC(=O)/C(=C/c2ccccc2F)NC(=O)c2ccccc2)cc1. The number of nitro benzene ring substituents is 1. The lowest BCUT2D eigenvalue weighted by Crippen LogP contribution is -2.30. The summed E-state index contributed by atoms with van der Waals surface area (Å²) in [5.74, 6) is -1.93. The van der Waals surface area contributed by atoms with Crippen LogP contribution in [0.2, 0.25) is 0 Å². The molecule has 0 spiro atoms. The highest BCUT2D eigenvalue weighted by molar-refractivity contribution is 8.00. The molecule has 0 saturated carbocycles. The van der Waals surface area contributed by atoms with Gasteiger partial charge < -0.3 is 16.0 Å². The fraction of sp³-hybridized carbons (Fsp3) is 0.0645. The Bertz CT molecular complexity index is 1660. The first-order valence-electron chi connectivity index (χ1n) is 12.6. The van der Waals surface area contributed by atoms with Crippen molar-refractivity contribution in [1.29, 1.82) is 0 Å². The first-order valence-corrected chi connectivity index (χ1v) is 13.6. The van der Waals surface area contributed by atoms with E-state index in [1.165, 1.54) is 54.2 Å². The molecule has 0 aliphatic carbocycles. The van der Waals surface area contributed by atoms with Crippen LogP contribution in [0.4, 0.5) is 21.5 Å². The summed E-state index contributed by atoms with van der Waals surface area (Å²) in [6.45, 7) is 1.67. The molecule has 212 valence electrons. The second kappa shape index (κ2) is 13.9. The number of carbonyl (C=O) groups excluding carboxylic acids is 3. The van der Waals surface area contributed by atoms with Crippen LogP contribution in [0.3, 0.4) is 0 Å². The average Bonchev–Trinajstić information content (AvgIpc) is 2.98. The van der Waals surface area contributed by atoms with Gasteiger partial charge in [-0.3, -0.25) is 24.5 Å². The number of thioether (sulfide) groups is 1. The third-order valence-corrected chi connectivity index (χ3v) is 6.92. The molecule has 42 heavy (non-hydrogen) atoms. The number of nitrogens with zero attached hydrogens (tertiary/aromatic N) is 1. The van der Waals surface area contributed by atoms with Gasteiger partial charge in [-0.2, -0.15) is 0 Å². The smallest absolute Gasteiger partial charge is 0.272 e. The van der Waals surface area contributed by atoms with Crippen LogP contribution in [0.15, 0.2) is 108 Å². The third-order valence-electron chi connectivity index (χ3n) is 5.91. The monoisotopic (exact) mass is 584 g/mol. The second-order valence-corrected chi connectivity index (χ2v) is 10.0. The quantitative estimate of drug-likeness (QED) is 0.0883. The van der Waals surface area contributed by atoms with Crippen LogP contribution in [0, 0.1) is 22.9 Å². The third kappa shape index (κ3) is 8.12. The van der Waals surface area contributed by atoms with Crippen molar-refractivity contribution in [3.63, 3.8) is 0 Å². The van der Waals surface area contributed by atoms with E-state index in [0.717, 1.165) is 4.90 Å². The minimum atomic E-state index is -0.652. The molecule has 0 radical (unpaired) electrons. The molecule has 3 N–H and O–H groups in total. The Morgan fingerprint density at radius 2 is 1.60 bits per heavy atom. The van der Waals surface area contributed by atoms with Gasteiger partial charge >= 0.3 is 0 Å². The highest BCUT2D eigenvalue weighted by atomic mass is 32.2. The van der Waals surface area contributed by atoms with Crippen LogP contribution in [0.5, 0.6) is 0 Å². The van der Waals surface area contributed by atoms with Gasteiger partial charge in [0.1, 0.15) is 11.5 Å². The molecular formula is C31H25FN4O5S. The highest BCUT2D eigenvalue weighted by Crippen LogP contribution is 2.24. The van der Waals surface area contributed by atoms with Gasteiger partial charge in [-0.1, -0.05) is 36.4 Å². The van der Waals surface area contributed by atoms with Crippen molar-refractivity contribution in [2.75, 3.05) is 16.4 Å². The molecule has 0 heterocycles. The zero-order valence-electron chi connectivity index (χ0n) is 22.3. The van der Waals surface area contributed by atoms with Crippen molar-refractivity contribution in [2.45, 2.75) is 11.8 Å². The molecule has 0 atom stereocenters. The molecule has 0 bridgehead atoms. The first kappa shape index (κ1) is 29.7. The number of amides is 3. The van der Waals surface area contributed by atoms with Crippen LogP contribution in [0.25, 0.3) is 6.08 Å². The van der Waals surface area contributed by atoms with Gasteiger partial charge in [-0.15, -0.1) is 11.8 Å². The van der Waals surface area contributed by atoms with Crippen molar-refractivity contribution < 1.29 is 23.7 Å². The molecule has 9 nitrogen and oxygen atoms in total. The molecule has 0 aliphatic rings. The molecule has 0 aromatic heterocycles. The zero-order chi connectivity index (χ0) is 30.1. The molecular weight excluding hydrogens is 559 g/mol. The summed E-state index contributed by atoms with van der Waals surface area (Å²) in [4.78, 5) is 49.5. The number of non-ortho nitro benzene ring substituents is 1. The van der Waals surface area contributed by atoms with Crippen LogP contribution in [-0.2, 0) is 9.59 Å². The van der Waals surface area contributed by atoms with Crippen molar-refractivity contribution >= 4 is 52.6 Å². The lowest BCUT2D eigenvalue weighted by Gasteiger charge is -2.12. The fourth-order valence-electron chi connectivity index (χ4n) is 3.76. The Balaban J connectivity index is 1.39. The summed E-state index contributed by atoms with van der Waals surface area (Å²) >= 11 is 1.26. The predicted molar refractivity (Wildman–Crippen MR) is 161 cm³/mol. The van der Waals surface area contributed by atoms with Gasteiger partial charge in [0, 0.05) is 39.5 Å². The van der Waals surface area contributed by atoms with Crippen LogP contribution in [0.1, 0.15) is 21.5 Å².